The second kappa shape index (κ2) is 10.8. The fourth-order valence-corrected chi connectivity index (χ4v) is 3.76. The van der Waals surface area contributed by atoms with Gasteiger partial charge >= 0.3 is 6.18 Å². The van der Waals surface area contributed by atoms with Gasteiger partial charge in [0, 0.05) is 26.2 Å². The summed E-state index contributed by atoms with van der Waals surface area (Å²) in [4.78, 5) is 2.25. The van der Waals surface area contributed by atoms with Gasteiger partial charge in [-0.1, -0.05) is 30.3 Å². The van der Waals surface area contributed by atoms with Gasteiger partial charge < -0.3 is 9.47 Å². The Labute approximate surface area is 182 Å². The van der Waals surface area contributed by atoms with Gasteiger partial charge in [-0.05, 0) is 67.7 Å². The second-order valence-corrected chi connectivity index (χ2v) is 7.82. The molecular formula is C25H30F3NO2. The third-order valence-electron chi connectivity index (χ3n) is 5.43. The average Bonchev–Trinajstić information content (AvgIpc) is 2.75. The molecular weight excluding hydrogens is 403 g/mol. The monoisotopic (exact) mass is 433 g/mol. The molecule has 1 heterocycles. The van der Waals surface area contributed by atoms with Crippen molar-refractivity contribution >= 4 is 5.57 Å². The Hall–Kier alpha value is -2.31. The van der Waals surface area contributed by atoms with Gasteiger partial charge in [-0.15, -0.1) is 0 Å². The smallest absolute Gasteiger partial charge is 0.416 e. The van der Waals surface area contributed by atoms with Crippen LogP contribution in [0.5, 0.6) is 5.75 Å². The Morgan fingerprint density at radius 3 is 2.52 bits per heavy atom. The SMILES string of the molecule is CCOC(C)Cc1ccc(OCCN2CC=C(c3cccc(C(F)(F)F)c3)CC2)cc1. The van der Waals surface area contributed by atoms with Gasteiger partial charge in [0.15, 0.2) is 0 Å². The molecule has 0 saturated heterocycles. The molecule has 1 atom stereocenters. The van der Waals surface area contributed by atoms with Crippen LogP contribution in [0.15, 0.2) is 54.6 Å². The summed E-state index contributed by atoms with van der Waals surface area (Å²) >= 11 is 0. The Balaban J connectivity index is 1.45. The molecule has 0 amide bonds. The minimum Gasteiger partial charge on any atom is -0.492 e. The molecule has 2 aromatic carbocycles. The lowest BCUT2D eigenvalue weighted by Crippen LogP contribution is -2.32. The maximum atomic E-state index is 12.9. The zero-order valence-electron chi connectivity index (χ0n) is 18.1. The van der Waals surface area contributed by atoms with Crippen LogP contribution in [0.25, 0.3) is 5.57 Å². The first-order chi connectivity index (χ1) is 14.8. The molecule has 168 valence electrons. The van der Waals surface area contributed by atoms with Gasteiger partial charge in [0.05, 0.1) is 11.7 Å². The van der Waals surface area contributed by atoms with Crippen molar-refractivity contribution in [2.24, 2.45) is 0 Å². The Bertz CT molecular complexity index is 862. The van der Waals surface area contributed by atoms with E-state index in [-0.39, 0.29) is 6.10 Å². The molecule has 1 aliphatic heterocycles. The van der Waals surface area contributed by atoms with E-state index in [0.717, 1.165) is 49.9 Å². The average molecular weight is 434 g/mol. The van der Waals surface area contributed by atoms with Gasteiger partial charge in [-0.2, -0.15) is 13.2 Å². The van der Waals surface area contributed by atoms with Gasteiger partial charge in [0.2, 0.25) is 0 Å². The molecule has 0 aromatic heterocycles. The Morgan fingerprint density at radius 2 is 1.87 bits per heavy atom. The van der Waals surface area contributed by atoms with Gasteiger partial charge in [0.1, 0.15) is 12.4 Å². The van der Waals surface area contributed by atoms with Gasteiger partial charge in [-0.25, -0.2) is 0 Å². The zero-order chi connectivity index (χ0) is 22.3. The van der Waals surface area contributed by atoms with E-state index < -0.39 is 11.7 Å². The van der Waals surface area contributed by atoms with Crippen molar-refractivity contribution in [2.75, 3.05) is 32.8 Å². The van der Waals surface area contributed by atoms with E-state index >= 15 is 0 Å². The summed E-state index contributed by atoms with van der Waals surface area (Å²) in [5.41, 5.74) is 2.25. The van der Waals surface area contributed by atoms with Crippen molar-refractivity contribution in [1.82, 2.24) is 4.90 Å². The quantitative estimate of drug-likeness (QED) is 0.496. The molecule has 1 aliphatic rings. The van der Waals surface area contributed by atoms with Gasteiger partial charge in [-0.3, -0.25) is 4.90 Å². The molecule has 0 N–H and O–H groups in total. The number of benzene rings is 2. The largest absolute Gasteiger partial charge is 0.492 e. The summed E-state index contributed by atoms with van der Waals surface area (Å²) in [5.74, 6) is 0.838. The molecule has 6 heteroatoms. The Morgan fingerprint density at radius 1 is 1.10 bits per heavy atom. The van der Waals surface area contributed by atoms with Crippen LogP contribution in [0.4, 0.5) is 13.2 Å². The number of rotatable bonds is 9. The van der Waals surface area contributed by atoms with Crippen LogP contribution in [0.1, 0.15) is 37.0 Å². The summed E-state index contributed by atoms with van der Waals surface area (Å²) in [6.45, 7) is 7.65. The van der Waals surface area contributed by atoms with Crippen LogP contribution in [0, 0.1) is 0 Å². The summed E-state index contributed by atoms with van der Waals surface area (Å²) in [6, 6.07) is 13.7. The lowest BCUT2D eigenvalue weighted by Gasteiger charge is -2.26. The van der Waals surface area contributed by atoms with Crippen LogP contribution < -0.4 is 4.74 Å². The fourth-order valence-electron chi connectivity index (χ4n) is 3.76. The Kier molecular flexibility index (Phi) is 8.15. The fraction of sp³-hybridized carbons (Fsp3) is 0.440. The maximum absolute atomic E-state index is 12.9. The van der Waals surface area contributed by atoms with E-state index in [1.54, 1.807) is 6.07 Å². The van der Waals surface area contributed by atoms with E-state index in [0.29, 0.717) is 18.7 Å². The topological polar surface area (TPSA) is 21.7 Å². The third-order valence-corrected chi connectivity index (χ3v) is 5.43. The molecule has 0 bridgehead atoms. The minimum atomic E-state index is -4.31. The molecule has 3 nitrogen and oxygen atoms in total. The number of hydrogen-bond acceptors (Lipinski definition) is 3. The van der Waals surface area contributed by atoms with Crippen molar-refractivity contribution in [2.45, 2.75) is 39.0 Å². The number of nitrogens with zero attached hydrogens (tertiary/aromatic N) is 1. The van der Waals surface area contributed by atoms with Crippen LogP contribution in [-0.4, -0.2) is 43.9 Å². The number of alkyl halides is 3. The number of halogens is 3. The van der Waals surface area contributed by atoms with Crippen molar-refractivity contribution in [3.8, 4) is 5.75 Å². The number of hydrogen-bond donors (Lipinski definition) is 0. The standard InChI is InChI=1S/C25H30F3NO2/c1-3-30-19(2)17-20-7-9-24(10-8-20)31-16-15-29-13-11-21(12-14-29)22-5-4-6-23(18-22)25(26,27)28/h4-11,18-19H,3,12-17H2,1-2H3. The van der Waals surface area contributed by atoms with E-state index in [1.165, 1.54) is 17.7 Å². The summed E-state index contributed by atoms with van der Waals surface area (Å²) in [6.07, 6.45) is -0.484. The van der Waals surface area contributed by atoms with E-state index in [4.69, 9.17) is 9.47 Å². The molecule has 0 spiro atoms. The summed E-state index contributed by atoms with van der Waals surface area (Å²) in [5, 5.41) is 0. The van der Waals surface area contributed by atoms with Crippen molar-refractivity contribution < 1.29 is 22.6 Å². The third kappa shape index (κ3) is 7.11. The summed E-state index contributed by atoms with van der Waals surface area (Å²) < 4.78 is 50.2. The first-order valence-corrected chi connectivity index (χ1v) is 10.8. The summed E-state index contributed by atoms with van der Waals surface area (Å²) in [7, 11) is 0. The van der Waals surface area contributed by atoms with Crippen LogP contribution in [0.3, 0.4) is 0 Å². The first kappa shape index (κ1) is 23.4. The van der Waals surface area contributed by atoms with E-state index in [9.17, 15) is 13.2 Å². The first-order valence-electron chi connectivity index (χ1n) is 10.8. The molecule has 2 aromatic rings. The highest BCUT2D eigenvalue weighted by Crippen LogP contribution is 2.32. The normalized spacial score (nSPS) is 16.1. The molecule has 0 fully saturated rings. The zero-order valence-corrected chi connectivity index (χ0v) is 18.1. The highest BCUT2D eigenvalue weighted by molar-refractivity contribution is 5.67. The maximum Gasteiger partial charge on any atom is 0.416 e. The highest BCUT2D eigenvalue weighted by Gasteiger charge is 2.30. The lowest BCUT2D eigenvalue weighted by molar-refractivity contribution is -0.137. The number of ether oxygens (including phenoxy) is 2. The lowest BCUT2D eigenvalue weighted by atomic mass is 9.97. The molecule has 0 aliphatic carbocycles. The molecule has 31 heavy (non-hydrogen) atoms. The minimum absolute atomic E-state index is 0.199. The van der Waals surface area contributed by atoms with E-state index in [1.807, 2.05) is 25.1 Å². The second-order valence-electron chi connectivity index (χ2n) is 7.82. The van der Waals surface area contributed by atoms with Crippen LogP contribution in [0.2, 0.25) is 0 Å². The molecule has 1 unspecified atom stereocenters. The van der Waals surface area contributed by atoms with Crippen molar-refractivity contribution in [3.05, 3.63) is 71.3 Å². The van der Waals surface area contributed by atoms with Gasteiger partial charge in [0.25, 0.3) is 0 Å². The van der Waals surface area contributed by atoms with Crippen LogP contribution >= 0.6 is 0 Å². The predicted molar refractivity (Wildman–Crippen MR) is 117 cm³/mol. The molecule has 3 rings (SSSR count). The van der Waals surface area contributed by atoms with E-state index in [2.05, 4.69) is 24.0 Å². The molecule has 0 saturated carbocycles. The highest BCUT2D eigenvalue weighted by atomic mass is 19.4. The molecule has 0 radical (unpaired) electrons. The predicted octanol–water partition coefficient (Wildman–Crippen LogP) is 5.84. The van der Waals surface area contributed by atoms with Crippen LogP contribution in [-0.2, 0) is 17.3 Å². The van der Waals surface area contributed by atoms with Crippen molar-refractivity contribution in [3.63, 3.8) is 0 Å². The van der Waals surface area contributed by atoms with Crippen molar-refractivity contribution in [1.29, 1.82) is 0 Å².